The molecule has 130 valence electrons. The summed E-state index contributed by atoms with van der Waals surface area (Å²) < 4.78 is 13.8. The third kappa shape index (κ3) is 3.15. The van der Waals surface area contributed by atoms with E-state index in [1.807, 2.05) is 12.1 Å². The minimum Gasteiger partial charge on any atom is -0.324 e. The second kappa shape index (κ2) is 6.54. The van der Waals surface area contributed by atoms with Crippen LogP contribution in [0.1, 0.15) is 31.0 Å². The number of pyridine rings is 1. The van der Waals surface area contributed by atoms with E-state index in [1.54, 1.807) is 12.3 Å². The molecule has 0 radical (unpaired) electrons. The van der Waals surface area contributed by atoms with E-state index in [-0.39, 0.29) is 23.8 Å². The lowest BCUT2D eigenvalue weighted by Gasteiger charge is -2.26. The van der Waals surface area contributed by atoms with Gasteiger partial charge in [-0.2, -0.15) is 0 Å². The van der Waals surface area contributed by atoms with Gasteiger partial charge in [0.05, 0.1) is 11.7 Å². The normalized spacial score (nSPS) is 23.8. The van der Waals surface area contributed by atoms with Gasteiger partial charge in [0.1, 0.15) is 5.82 Å². The molecule has 0 unspecified atom stereocenters. The number of nitrogens with two attached hydrogens (primary N) is 1. The summed E-state index contributed by atoms with van der Waals surface area (Å²) in [5.74, 6) is -0.376. The van der Waals surface area contributed by atoms with Gasteiger partial charge in [0.25, 0.3) is 0 Å². The Kier molecular flexibility index (Phi) is 4.23. The molecule has 3 N–H and O–H groups in total. The van der Waals surface area contributed by atoms with Crippen molar-refractivity contribution in [1.82, 2.24) is 9.88 Å². The third-order valence-corrected chi connectivity index (χ3v) is 5.11. The predicted octanol–water partition coefficient (Wildman–Crippen LogP) is 2.69. The Morgan fingerprint density at radius 3 is 2.96 bits per heavy atom. The van der Waals surface area contributed by atoms with Crippen molar-refractivity contribution >= 4 is 11.6 Å². The standard InChI is InChI=1S/C19H21FN4O/c20-13-3-4-16-14(11-13)12-5-7-22-17(10-12)15(21)6-9-24-8-1-2-18(24)19(25)23-16/h3-5,7,10-11,15,18H,1-2,6,8-9,21H2,(H,23,25)/t15-,18-/m0/s1. The van der Waals surface area contributed by atoms with Crippen molar-refractivity contribution in [2.75, 3.05) is 18.4 Å². The van der Waals surface area contributed by atoms with Gasteiger partial charge in [-0.15, -0.1) is 0 Å². The van der Waals surface area contributed by atoms with E-state index in [1.165, 1.54) is 12.1 Å². The molecule has 0 saturated carbocycles. The van der Waals surface area contributed by atoms with Crippen LogP contribution >= 0.6 is 0 Å². The van der Waals surface area contributed by atoms with Gasteiger partial charge in [0.15, 0.2) is 0 Å². The monoisotopic (exact) mass is 340 g/mol. The summed E-state index contributed by atoms with van der Waals surface area (Å²) in [7, 11) is 0. The Balaban J connectivity index is 1.82. The summed E-state index contributed by atoms with van der Waals surface area (Å²) in [6.07, 6.45) is 4.25. The van der Waals surface area contributed by atoms with Gasteiger partial charge < -0.3 is 11.1 Å². The minimum absolute atomic E-state index is 0.0335. The molecular formula is C19H21FN4O. The highest BCUT2D eigenvalue weighted by Crippen LogP contribution is 2.32. The van der Waals surface area contributed by atoms with Crippen molar-refractivity contribution < 1.29 is 9.18 Å². The molecule has 2 aromatic rings. The van der Waals surface area contributed by atoms with Crippen molar-refractivity contribution in [3.8, 4) is 11.1 Å². The first kappa shape index (κ1) is 16.2. The fourth-order valence-corrected chi connectivity index (χ4v) is 3.74. The van der Waals surface area contributed by atoms with Crippen LogP contribution in [0.25, 0.3) is 11.1 Å². The number of amides is 1. The molecule has 0 aliphatic carbocycles. The average molecular weight is 340 g/mol. The summed E-state index contributed by atoms with van der Waals surface area (Å²) in [6, 6.07) is 7.76. The third-order valence-electron chi connectivity index (χ3n) is 5.11. The van der Waals surface area contributed by atoms with Gasteiger partial charge >= 0.3 is 0 Å². The number of carbonyl (C=O) groups is 1. The van der Waals surface area contributed by atoms with Crippen LogP contribution in [0, 0.1) is 5.82 Å². The van der Waals surface area contributed by atoms with Crippen LogP contribution in [0.3, 0.4) is 0 Å². The average Bonchev–Trinajstić information content (AvgIpc) is 3.09. The SMILES string of the molecule is N[C@H]1CCN2CCC[C@H]2C(=O)Nc2ccc(F)cc2-c2ccnc1c2. The number of fused-ring (bicyclic) bond motifs is 5. The zero-order chi connectivity index (χ0) is 17.4. The molecule has 2 bridgehead atoms. The lowest BCUT2D eigenvalue weighted by Crippen LogP contribution is -2.41. The molecule has 3 heterocycles. The van der Waals surface area contributed by atoms with Crippen LogP contribution in [0.5, 0.6) is 0 Å². The Bertz CT molecular complexity index is 810. The second-order valence-corrected chi connectivity index (χ2v) is 6.74. The summed E-state index contributed by atoms with van der Waals surface area (Å²) in [5, 5.41) is 3.00. The summed E-state index contributed by atoms with van der Waals surface area (Å²) >= 11 is 0. The molecule has 1 aromatic carbocycles. The van der Waals surface area contributed by atoms with Crippen LogP contribution in [-0.2, 0) is 4.79 Å². The van der Waals surface area contributed by atoms with Crippen LogP contribution in [0.2, 0.25) is 0 Å². The molecule has 1 fully saturated rings. The number of benzene rings is 1. The second-order valence-electron chi connectivity index (χ2n) is 6.74. The zero-order valence-electron chi connectivity index (χ0n) is 13.9. The Morgan fingerprint density at radius 2 is 2.08 bits per heavy atom. The Hall–Kier alpha value is -2.31. The number of halogens is 1. The molecule has 1 aromatic heterocycles. The number of anilines is 1. The van der Waals surface area contributed by atoms with E-state index < -0.39 is 0 Å². The number of nitrogens with one attached hydrogen (secondary N) is 1. The van der Waals surface area contributed by atoms with Crippen LogP contribution in [0.15, 0.2) is 36.5 Å². The fourth-order valence-electron chi connectivity index (χ4n) is 3.74. The molecule has 1 saturated heterocycles. The lowest BCUT2D eigenvalue weighted by molar-refractivity contribution is -0.120. The van der Waals surface area contributed by atoms with Gasteiger partial charge in [-0.3, -0.25) is 14.7 Å². The van der Waals surface area contributed by atoms with E-state index >= 15 is 0 Å². The predicted molar refractivity (Wildman–Crippen MR) is 94.4 cm³/mol. The van der Waals surface area contributed by atoms with Gasteiger partial charge in [0.2, 0.25) is 5.91 Å². The van der Waals surface area contributed by atoms with Crippen molar-refractivity contribution in [3.63, 3.8) is 0 Å². The molecule has 2 aliphatic heterocycles. The largest absolute Gasteiger partial charge is 0.324 e. The Labute approximate surface area is 146 Å². The summed E-state index contributed by atoms with van der Waals surface area (Å²) in [6.45, 7) is 1.66. The van der Waals surface area contributed by atoms with Gasteiger partial charge in [-0.1, -0.05) is 0 Å². The van der Waals surface area contributed by atoms with E-state index in [4.69, 9.17) is 5.73 Å². The van der Waals surface area contributed by atoms with Crippen LogP contribution in [0.4, 0.5) is 10.1 Å². The molecule has 1 amide bonds. The first-order chi connectivity index (χ1) is 12.1. The maximum atomic E-state index is 13.8. The Morgan fingerprint density at radius 1 is 1.20 bits per heavy atom. The highest BCUT2D eigenvalue weighted by molar-refractivity contribution is 5.98. The van der Waals surface area contributed by atoms with Crippen molar-refractivity contribution in [3.05, 3.63) is 48.0 Å². The number of nitrogens with zero attached hydrogens (tertiary/aromatic N) is 2. The van der Waals surface area contributed by atoms with Crippen molar-refractivity contribution in [2.24, 2.45) is 5.73 Å². The van der Waals surface area contributed by atoms with E-state index in [9.17, 15) is 9.18 Å². The molecule has 2 atom stereocenters. The van der Waals surface area contributed by atoms with Gasteiger partial charge in [-0.05, 0) is 61.7 Å². The lowest BCUT2D eigenvalue weighted by atomic mass is 10.00. The van der Waals surface area contributed by atoms with Crippen LogP contribution in [-0.4, -0.2) is 34.9 Å². The zero-order valence-corrected chi connectivity index (χ0v) is 13.9. The van der Waals surface area contributed by atoms with Crippen LogP contribution < -0.4 is 11.1 Å². The topological polar surface area (TPSA) is 71.2 Å². The first-order valence-corrected chi connectivity index (χ1v) is 8.68. The molecule has 4 rings (SSSR count). The molecule has 2 aliphatic rings. The minimum atomic E-state index is -0.342. The summed E-state index contributed by atoms with van der Waals surface area (Å²) in [5.41, 5.74) is 9.18. The molecular weight excluding hydrogens is 319 g/mol. The van der Waals surface area contributed by atoms with Gasteiger partial charge in [0, 0.05) is 30.0 Å². The maximum Gasteiger partial charge on any atom is 0.241 e. The maximum absolute atomic E-state index is 13.8. The fraction of sp³-hybridized carbons (Fsp3) is 0.368. The van der Waals surface area contributed by atoms with E-state index in [0.29, 0.717) is 11.3 Å². The number of hydrogen-bond acceptors (Lipinski definition) is 4. The van der Waals surface area contributed by atoms with Gasteiger partial charge in [-0.25, -0.2) is 4.39 Å². The number of carbonyl (C=O) groups excluding carboxylic acids is 1. The molecule has 25 heavy (non-hydrogen) atoms. The highest BCUT2D eigenvalue weighted by Gasteiger charge is 2.31. The van der Waals surface area contributed by atoms with E-state index in [0.717, 1.165) is 43.6 Å². The molecule has 6 heteroatoms. The number of hydrogen-bond donors (Lipinski definition) is 2. The number of aromatic nitrogens is 1. The van der Waals surface area contributed by atoms with Crippen molar-refractivity contribution in [2.45, 2.75) is 31.3 Å². The first-order valence-electron chi connectivity index (χ1n) is 8.68. The highest BCUT2D eigenvalue weighted by atomic mass is 19.1. The smallest absolute Gasteiger partial charge is 0.241 e. The quantitative estimate of drug-likeness (QED) is 0.773. The molecule has 0 spiro atoms. The van der Waals surface area contributed by atoms with Crippen molar-refractivity contribution in [1.29, 1.82) is 0 Å². The summed E-state index contributed by atoms with van der Waals surface area (Å²) in [4.78, 5) is 19.3. The van der Waals surface area contributed by atoms with E-state index in [2.05, 4.69) is 15.2 Å². The molecule has 5 nitrogen and oxygen atoms in total. The number of rotatable bonds is 0.